The van der Waals surface area contributed by atoms with Crippen molar-refractivity contribution in [1.29, 1.82) is 0 Å². The highest BCUT2D eigenvalue weighted by Crippen LogP contribution is 2.50. The molecule has 0 amide bonds. The lowest BCUT2D eigenvalue weighted by Crippen LogP contribution is -2.14. The molecule has 0 spiro atoms. The van der Waals surface area contributed by atoms with Crippen molar-refractivity contribution in [1.82, 2.24) is 9.97 Å². The summed E-state index contributed by atoms with van der Waals surface area (Å²) in [5, 5.41) is 4.50. The molecule has 2 aromatic heterocycles. The van der Waals surface area contributed by atoms with Gasteiger partial charge in [-0.1, -0.05) is 147 Å². The minimum atomic E-state index is -0.0634. The first-order chi connectivity index (χ1) is 24.5. The standard InChI is InChI=1S/C47H32N2O/c1-47(2)39-20-10-8-17-34(39)35-24-23-30(27-40(35)47)31-25-26-36(33-16-7-6-15-32(31)33)41-28-42(49-46(48-41)29-13-4-3-5-14-29)37-19-12-22-44-45(37)38-18-9-11-21-43(38)50-44/h3-28H,1-2H3. The van der Waals surface area contributed by atoms with Crippen LogP contribution >= 0.6 is 0 Å². The number of para-hydroxylation sites is 1. The number of furan rings is 1. The summed E-state index contributed by atoms with van der Waals surface area (Å²) in [6.45, 7) is 4.68. The van der Waals surface area contributed by atoms with E-state index in [-0.39, 0.29) is 5.41 Å². The van der Waals surface area contributed by atoms with Crippen molar-refractivity contribution in [3.8, 4) is 56.2 Å². The molecule has 3 nitrogen and oxygen atoms in total. The molecule has 0 saturated carbocycles. The van der Waals surface area contributed by atoms with Crippen molar-refractivity contribution >= 4 is 32.7 Å². The van der Waals surface area contributed by atoms with E-state index in [2.05, 4.69) is 129 Å². The lowest BCUT2D eigenvalue weighted by Gasteiger charge is -2.22. The van der Waals surface area contributed by atoms with Gasteiger partial charge in [-0.3, -0.25) is 0 Å². The molecule has 0 bridgehead atoms. The van der Waals surface area contributed by atoms with Crippen LogP contribution in [0.2, 0.25) is 0 Å². The van der Waals surface area contributed by atoms with Crippen molar-refractivity contribution < 1.29 is 4.42 Å². The number of rotatable bonds is 4. The molecule has 0 fully saturated rings. The van der Waals surface area contributed by atoms with Gasteiger partial charge in [-0.05, 0) is 68.4 Å². The Morgan fingerprint density at radius 3 is 1.86 bits per heavy atom. The molecular weight excluding hydrogens is 609 g/mol. The molecule has 0 aliphatic heterocycles. The molecule has 0 radical (unpaired) electrons. The predicted octanol–water partition coefficient (Wildman–Crippen LogP) is 12.5. The zero-order valence-electron chi connectivity index (χ0n) is 27.8. The molecule has 10 rings (SSSR count). The Hall–Kier alpha value is -6.32. The fourth-order valence-corrected chi connectivity index (χ4v) is 8.07. The second-order valence-corrected chi connectivity index (χ2v) is 13.7. The molecule has 1 aliphatic rings. The minimum absolute atomic E-state index is 0.0634. The van der Waals surface area contributed by atoms with Crippen LogP contribution in [-0.2, 0) is 5.41 Å². The monoisotopic (exact) mass is 640 g/mol. The van der Waals surface area contributed by atoms with Gasteiger partial charge in [-0.2, -0.15) is 0 Å². The molecule has 236 valence electrons. The molecule has 50 heavy (non-hydrogen) atoms. The summed E-state index contributed by atoms with van der Waals surface area (Å²) in [7, 11) is 0. The summed E-state index contributed by atoms with van der Waals surface area (Å²) in [5.74, 6) is 0.691. The van der Waals surface area contributed by atoms with Crippen LogP contribution in [0.25, 0.3) is 88.9 Å². The third kappa shape index (κ3) is 4.30. The van der Waals surface area contributed by atoms with Crippen LogP contribution in [0.3, 0.4) is 0 Å². The summed E-state index contributed by atoms with van der Waals surface area (Å²) in [4.78, 5) is 10.4. The van der Waals surface area contributed by atoms with E-state index in [1.807, 2.05) is 42.5 Å². The van der Waals surface area contributed by atoms with Crippen LogP contribution in [0.1, 0.15) is 25.0 Å². The number of hydrogen-bond acceptors (Lipinski definition) is 3. The molecule has 3 heteroatoms. The Morgan fingerprint density at radius 2 is 1.02 bits per heavy atom. The van der Waals surface area contributed by atoms with E-state index in [4.69, 9.17) is 14.4 Å². The molecule has 0 saturated heterocycles. The maximum absolute atomic E-state index is 6.27. The topological polar surface area (TPSA) is 38.9 Å². The van der Waals surface area contributed by atoms with Crippen molar-refractivity contribution in [3.05, 3.63) is 169 Å². The summed E-state index contributed by atoms with van der Waals surface area (Å²) < 4.78 is 6.27. The van der Waals surface area contributed by atoms with E-state index in [0.29, 0.717) is 5.82 Å². The van der Waals surface area contributed by atoms with Gasteiger partial charge < -0.3 is 4.42 Å². The van der Waals surface area contributed by atoms with Crippen LogP contribution < -0.4 is 0 Å². The highest BCUT2D eigenvalue weighted by atomic mass is 16.3. The number of nitrogens with zero attached hydrogens (tertiary/aromatic N) is 2. The lowest BCUT2D eigenvalue weighted by molar-refractivity contribution is 0.660. The highest BCUT2D eigenvalue weighted by Gasteiger charge is 2.35. The van der Waals surface area contributed by atoms with Gasteiger partial charge >= 0.3 is 0 Å². The largest absolute Gasteiger partial charge is 0.456 e. The smallest absolute Gasteiger partial charge is 0.160 e. The Labute approximate surface area is 290 Å². The third-order valence-corrected chi connectivity index (χ3v) is 10.5. The Morgan fingerprint density at radius 1 is 0.420 bits per heavy atom. The molecule has 0 N–H and O–H groups in total. The van der Waals surface area contributed by atoms with Crippen LogP contribution in [-0.4, -0.2) is 9.97 Å². The van der Waals surface area contributed by atoms with E-state index in [9.17, 15) is 0 Å². The molecule has 1 aliphatic carbocycles. The summed E-state index contributed by atoms with van der Waals surface area (Å²) in [6.07, 6.45) is 0. The van der Waals surface area contributed by atoms with Gasteiger partial charge in [0.1, 0.15) is 11.2 Å². The Bertz CT molecular complexity index is 2790. The number of benzene rings is 7. The van der Waals surface area contributed by atoms with Crippen LogP contribution in [0, 0.1) is 0 Å². The first-order valence-electron chi connectivity index (χ1n) is 17.2. The minimum Gasteiger partial charge on any atom is -0.456 e. The van der Waals surface area contributed by atoms with Gasteiger partial charge in [0.15, 0.2) is 5.82 Å². The van der Waals surface area contributed by atoms with Crippen molar-refractivity contribution in [2.24, 2.45) is 0 Å². The van der Waals surface area contributed by atoms with E-state index in [0.717, 1.165) is 55.4 Å². The second-order valence-electron chi connectivity index (χ2n) is 13.7. The van der Waals surface area contributed by atoms with E-state index in [1.54, 1.807) is 0 Å². The third-order valence-electron chi connectivity index (χ3n) is 10.5. The van der Waals surface area contributed by atoms with Crippen molar-refractivity contribution in [3.63, 3.8) is 0 Å². The van der Waals surface area contributed by atoms with Crippen molar-refractivity contribution in [2.75, 3.05) is 0 Å². The molecule has 7 aromatic carbocycles. The van der Waals surface area contributed by atoms with Gasteiger partial charge in [0.05, 0.1) is 11.4 Å². The summed E-state index contributed by atoms with van der Waals surface area (Å²) in [6, 6.07) is 55.8. The van der Waals surface area contributed by atoms with E-state index >= 15 is 0 Å². The van der Waals surface area contributed by atoms with Crippen LogP contribution in [0.5, 0.6) is 0 Å². The van der Waals surface area contributed by atoms with E-state index < -0.39 is 0 Å². The average molecular weight is 641 g/mol. The van der Waals surface area contributed by atoms with Gasteiger partial charge in [0.25, 0.3) is 0 Å². The molecule has 2 heterocycles. The first kappa shape index (κ1) is 28.7. The summed E-state index contributed by atoms with van der Waals surface area (Å²) in [5.41, 5.74) is 14.3. The fourth-order valence-electron chi connectivity index (χ4n) is 8.07. The van der Waals surface area contributed by atoms with Gasteiger partial charge in [0.2, 0.25) is 0 Å². The molecule has 0 atom stereocenters. The van der Waals surface area contributed by atoms with E-state index in [1.165, 1.54) is 38.8 Å². The van der Waals surface area contributed by atoms with Crippen molar-refractivity contribution in [2.45, 2.75) is 19.3 Å². The van der Waals surface area contributed by atoms with Gasteiger partial charge in [0, 0.05) is 32.9 Å². The molecule has 9 aromatic rings. The Kier molecular flexibility index (Phi) is 6.22. The summed E-state index contributed by atoms with van der Waals surface area (Å²) >= 11 is 0. The second kappa shape index (κ2) is 10.8. The lowest BCUT2D eigenvalue weighted by atomic mass is 9.81. The quantitative estimate of drug-likeness (QED) is 0.192. The van der Waals surface area contributed by atoms with Gasteiger partial charge in [-0.15, -0.1) is 0 Å². The Balaban J connectivity index is 1.17. The predicted molar refractivity (Wildman–Crippen MR) is 206 cm³/mol. The molecular formula is C47H32N2O. The number of fused-ring (bicyclic) bond motifs is 7. The number of aromatic nitrogens is 2. The zero-order chi connectivity index (χ0) is 33.4. The molecule has 0 unspecified atom stereocenters. The first-order valence-corrected chi connectivity index (χ1v) is 17.2. The fraction of sp³-hybridized carbons (Fsp3) is 0.0638. The van der Waals surface area contributed by atoms with Gasteiger partial charge in [-0.25, -0.2) is 9.97 Å². The number of hydrogen-bond donors (Lipinski definition) is 0. The van der Waals surface area contributed by atoms with Crippen LogP contribution in [0.15, 0.2) is 162 Å². The maximum Gasteiger partial charge on any atom is 0.160 e. The SMILES string of the molecule is CC1(C)c2ccccc2-c2ccc(-c3ccc(-c4cc(-c5cccc6oc7ccccc7c56)nc(-c5ccccc5)n4)c4ccccc34)cc21. The average Bonchev–Trinajstić information content (AvgIpc) is 3.66. The normalized spacial score (nSPS) is 13.2. The highest BCUT2D eigenvalue weighted by molar-refractivity contribution is 6.12. The zero-order valence-corrected chi connectivity index (χ0v) is 27.8. The maximum atomic E-state index is 6.27. The van der Waals surface area contributed by atoms with Crippen LogP contribution in [0.4, 0.5) is 0 Å².